The molecule has 5 nitrogen and oxygen atoms in total. The summed E-state index contributed by atoms with van der Waals surface area (Å²) in [5.41, 5.74) is 3.98. The molecule has 3 aromatic carbocycles. The summed E-state index contributed by atoms with van der Waals surface area (Å²) in [7, 11) is 1.60. The summed E-state index contributed by atoms with van der Waals surface area (Å²) in [5, 5.41) is 7.05. The van der Waals surface area contributed by atoms with Gasteiger partial charge in [0.2, 0.25) is 0 Å². The molecule has 0 aliphatic rings. The first-order valence-electron chi connectivity index (χ1n) is 8.24. The summed E-state index contributed by atoms with van der Waals surface area (Å²) < 4.78 is 11.7. The van der Waals surface area contributed by atoms with Crippen molar-refractivity contribution < 1.29 is 13.9 Å². The second-order valence-electron chi connectivity index (χ2n) is 5.90. The number of hydrogen-bond acceptors (Lipinski definition) is 4. The van der Waals surface area contributed by atoms with E-state index >= 15 is 0 Å². The Bertz CT molecular complexity index is 1180. The fourth-order valence-corrected chi connectivity index (χ4v) is 3.45. The maximum atomic E-state index is 12.4. The van der Waals surface area contributed by atoms with Crippen molar-refractivity contribution in [3.05, 3.63) is 76.5 Å². The van der Waals surface area contributed by atoms with Gasteiger partial charge in [0, 0.05) is 5.39 Å². The Morgan fingerprint density at radius 2 is 1.96 bits per heavy atom. The molecule has 6 heteroatoms. The van der Waals surface area contributed by atoms with E-state index in [2.05, 4.69) is 26.5 Å². The number of hydrazone groups is 1. The second-order valence-corrected chi connectivity index (χ2v) is 6.76. The first kappa shape index (κ1) is 17.3. The van der Waals surface area contributed by atoms with Gasteiger partial charge in [-0.15, -0.1) is 0 Å². The molecule has 0 unspecified atom stereocenters. The highest BCUT2D eigenvalue weighted by Crippen LogP contribution is 2.28. The lowest BCUT2D eigenvalue weighted by molar-refractivity contribution is 0.0929. The van der Waals surface area contributed by atoms with Gasteiger partial charge < -0.3 is 9.15 Å². The molecule has 0 saturated carbocycles. The van der Waals surface area contributed by atoms with Crippen LogP contribution in [0, 0.1) is 0 Å². The van der Waals surface area contributed by atoms with Gasteiger partial charge in [-0.1, -0.05) is 30.3 Å². The minimum Gasteiger partial charge on any atom is -0.496 e. The maximum absolute atomic E-state index is 12.4. The third-order valence-corrected chi connectivity index (χ3v) is 4.83. The van der Waals surface area contributed by atoms with E-state index in [4.69, 9.17) is 9.15 Å². The Kier molecular flexibility index (Phi) is 4.64. The van der Waals surface area contributed by atoms with Gasteiger partial charge in [0.15, 0.2) is 5.76 Å². The van der Waals surface area contributed by atoms with E-state index in [9.17, 15) is 4.79 Å². The van der Waals surface area contributed by atoms with Crippen LogP contribution in [0.2, 0.25) is 0 Å². The highest BCUT2D eigenvalue weighted by molar-refractivity contribution is 9.10. The van der Waals surface area contributed by atoms with Crippen molar-refractivity contribution in [1.29, 1.82) is 0 Å². The van der Waals surface area contributed by atoms with Crippen molar-refractivity contribution in [3.63, 3.8) is 0 Å². The molecule has 1 N–H and O–H groups in total. The van der Waals surface area contributed by atoms with Crippen LogP contribution in [0.3, 0.4) is 0 Å². The van der Waals surface area contributed by atoms with Crippen molar-refractivity contribution in [2.45, 2.75) is 0 Å². The number of rotatable bonds is 4. The summed E-state index contributed by atoms with van der Waals surface area (Å²) in [6, 6.07) is 19.1. The maximum Gasteiger partial charge on any atom is 0.307 e. The first-order valence-corrected chi connectivity index (χ1v) is 9.03. The van der Waals surface area contributed by atoms with Crippen LogP contribution in [-0.4, -0.2) is 19.2 Å². The predicted molar refractivity (Wildman–Crippen MR) is 109 cm³/mol. The number of carbonyl (C=O) groups is 1. The van der Waals surface area contributed by atoms with Crippen molar-refractivity contribution in [2.24, 2.45) is 5.10 Å². The van der Waals surface area contributed by atoms with E-state index in [0.717, 1.165) is 31.9 Å². The number of nitrogens with zero attached hydrogens (tertiary/aromatic N) is 1. The number of nitrogens with one attached hydrogen (secondary N) is 1. The van der Waals surface area contributed by atoms with E-state index in [1.54, 1.807) is 19.4 Å². The summed E-state index contributed by atoms with van der Waals surface area (Å²) in [6.07, 6.45) is 1.56. The Balaban J connectivity index is 1.54. The molecule has 27 heavy (non-hydrogen) atoms. The second kappa shape index (κ2) is 7.25. The average molecular weight is 423 g/mol. The molecule has 0 aliphatic heterocycles. The van der Waals surface area contributed by atoms with E-state index in [0.29, 0.717) is 5.58 Å². The standard InChI is InChI=1S/C21H15BrN2O3/c1-26-19-8-6-13(10-17(19)22)12-23-24-21(25)20-11-16-15-5-3-2-4-14(15)7-9-18(16)27-20/h2-12H,1H3,(H,24,25). The number of benzene rings is 3. The number of furan rings is 1. The van der Waals surface area contributed by atoms with Gasteiger partial charge >= 0.3 is 5.91 Å². The molecular weight excluding hydrogens is 408 g/mol. The number of amides is 1. The lowest BCUT2D eigenvalue weighted by Crippen LogP contribution is -2.16. The largest absolute Gasteiger partial charge is 0.496 e. The lowest BCUT2D eigenvalue weighted by Gasteiger charge is -2.03. The Labute approximate surface area is 163 Å². The fourth-order valence-electron chi connectivity index (χ4n) is 2.89. The molecule has 1 amide bonds. The number of halogens is 1. The third-order valence-electron chi connectivity index (χ3n) is 4.21. The zero-order valence-electron chi connectivity index (χ0n) is 14.4. The molecule has 134 valence electrons. The zero-order chi connectivity index (χ0) is 18.8. The van der Waals surface area contributed by atoms with Gasteiger partial charge in [-0.2, -0.15) is 5.10 Å². The van der Waals surface area contributed by atoms with Crippen LogP contribution in [0.5, 0.6) is 5.75 Å². The minimum absolute atomic E-state index is 0.217. The molecule has 0 saturated heterocycles. The van der Waals surface area contributed by atoms with Gasteiger partial charge in [-0.3, -0.25) is 4.79 Å². The van der Waals surface area contributed by atoms with Gasteiger partial charge in [-0.25, -0.2) is 5.43 Å². The highest BCUT2D eigenvalue weighted by atomic mass is 79.9. The molecule has 0 bridgehead atoms. The number of hydrogen-bond donors (Lipinski definition) is 1. The molecule has 0 fully saturated rings. The third kappa shape index (κ3) is 3.44. The van der Waals surface area contributed by atoms with Gasteiger partial charge in [0.05, 0.1) is 17.8 Å². The van der Waals surface area contributed by atoms with Crippen LogP contribution in [-0.2, 0) is 0 Å². The van der Waals surface area contributed by atoms with Crippen LogP contribution in [0.1, 0.15) is 16.1 Å². The fraction of sp³-hybridized carbons (Fsp3) is 0.0476. The summed E-state index contributed by atoms with van der Waals surface area (Å²) in [6.45, 7) is 0. The Morgan fingerprint density at radius 3 is 2.78 bits per heavy atom. The van der Waals surface area contributed by atoms with Crippen molar-refractivity contribution >= 4 is 49.8 Å². The van der Waals surface area contributed by atoms with Crippen molar-refractivity contribution in [3.8, 4) is 5.75 Å². The molecular formula is C21H15BrN2O3. The Morgan fingerprint density at radius 1 is 1.11 bits per heavy atom. The molecule has 4 rings (SSSR count). The minimum atomic E-state index is -0.404. The van der Waals surface area contributed by atoms with Crippen molar-refractivity contribution in [2.75, 3.05) is 7.11 Å². The Hall–Kier alpha value is -3.12. The number of methoxy groups -OCH3 is 1. The molecule has 4 aromatic rings. The molecule has 0 radical (unpaired) electrons. The predicted octanol–water partition coefficient (Wildman–Crippen LogP) is 5.12. The highest BCUT2D eigenvalue weighted by Gasteiger charge is 2.13. The molecule has 1 heterocycles. The normalized spacial score (nSPS) is 11.3. The van der Waals surface area contributed by atoms with Crippen LogP contribution >= 0.6 is 15.9 Å². The lowest BCUT2D eigenvalue weighted by atomic mass is 10.1. The van der Waals surface area contributed by atoms with Gasteiger partial charge in [0.25, 0.3) is 0 Å². The van der Waals surface area contributed by atoms with Gasteiger partial charge in [-0.05, 0) is 62.6 Å². The summed E-state index contributed by atoms with van der Waals surface area (Å²) in [5.74, 6) is 0.541. The van der Waals surface area contributed by atoms with Crippen LogP contribution in [0.25, 0.3) is 21.7 Å². The van der Waals surface area contributed by atoms with E-state index in [1.165, 1.54) is 0 Å². The molecule has 0 aliphatic carbocycles. The SMILES string of the molecule is COc1ccc(C=NNC(=O)c2cc3c(ccc4ccccc43)o2)cc1Br. The topological polar surface area (TPSA) is 63.8 Å². The average Bonchev–Trinajstić information content (AvgIpc) is 3.13. The van der Waals surface area contributed by atoms with E-state index < -0.39 is 5.91 Å². The van der Waals surface area contributed by atoms with Crippen LogP contribution in [0.15, 0.2) is 74.7 Å². The zero-order valence-corrected chi connectivity index (χ0v) is 16.0. The van der Waals surface area contributed by atoms with E-state index in [1.807, 2.05) is 54.6 Å². The number of carbonyl (C=O) groups excluding carboxylic acids is 1. The molecule has 0 spiro atoms. The quantitative estimate of drug-likeness (QED) is 0.366. The van der Waals surface area contributed by atoms with E-state index in [-0.39, 0.29) is 5.76 Å². The summed E-state index contributed by atoms with van der Waals surface area (Å²) >= 11 is 3.42. The first-order chi connectivity index (χ1) is 13.2. The number of ether oxygens (including phenoxy) is 1. The molecule has 0 atom stereocenters. The van der Waals surface area contributed by atoms with Gasteiger partial charge in [0.1, 0.15) is 11.3 Å². The monoisotopic (exact) mass is 422 g/mol. The van der Waals surface area contributed by atoms with Crippen molar-refractivity contribution in [1.82, 2.24) is 5.43 Å². The number of fused-ring (bicyclic) bond motifs is 3. The molecule has 1 aromatic heterocycles. The van der Waals surface area contributed by atoms with Crippen LogP contribution < -0.4 is 10.2 Å². The smallest absolute Gasteiger partial charge is 0.307 e. The summed E-state index contributed by atoms with van der Waals surface area (Å²) in [4.78, 5) is 12.4. The van der Waals surface area contributed by atoms with Crippen LogP contribution in [0.4, 0.5) is 0 Å².